The fourth-order valence-corrected chi connectivity index (χ4v) is 2.55. The number of allylic oxidation sites excluding steroid dienone is 3. The topological polar surface area (TPSA) is 49.8 Å². The van der Waals surface area contributed by atoms with E-state index in [4.69, 9.17) is 4.74 Å². The maximum absolute atomic E-state index is 11.9. The lowest BCUT2D eigenvalue weighted by molar-refractivity contribution is 0.142. The zero-order valence-corrected chi connectivity index (χ0v) is 11.2. The maximum atomic E-state index is 11.9. The SMILES string of the molecule is O=C1OC(CC2=CCCC=C2)CN1c1ccc(O)cc1. The smallest absolute Gasteiger partial charge is 0.414 e. The second-order valence-corrected chi connectivity index (χ2v) is 5.10. The fourth-order valence-electron chi connectivity index (χ4n) is 2.55. The molecule has 1 heterocycles. The number of ether oxygens (including phenoxy) is 1. The first-order valence-electron chi connectivity index (χ1n) is 6.85. The summed E-state index contributed by atoms with van der Waals surface area (Å²) >= 11 is 0. The molecule has 0 radical (unpaired) electrons. The number of benzene rings is 1. The summed E-state index contributed by atoms with van der Waals surface area (Å²) in [7, 11) is 0. The predicted molar refractivity (Wildman–Crippen MR) is 76.8 cm³/mol. The largest absolute Gasteiger partial charge is 0.508 e. The van der Waals surface area contributed by atoms with Gasteiger partial charge < -0.3 is 9.84 Å². The van der Waals surface area contributed by atoms with Crippen LogP contribution in [-0.2, 0) is 4.74 Å². The molecule has 20 heavy (non-hydrogen) atoms. The van der Waals surface area contributed by atoms with Crippen molar-refractivity contribution in [3.63, 3.8) is 0 Å². The molecule has 104 valence electrons. The van der Waals surface area contributed by atoms with E-state index in [1.807, 2.05) is 0 Å². The number of carbonyl (C=O) groups is 1. The molecule has 1 aliphatic carbocycles. The van der Waals surface area contributed by atoms with Gasteiger partial charge in [0.2, 0.25) is 0 Å². The van der Waals surface area contributed by atoms with E-state index in [1.165, 1.54) is 5.57 Å². The van der Waals surface area contributed by atoms with E-state index in [2.05, 4.69) is 18.2 Å². The lowest BCUT2D eigenvalue weighted by Crippen LogP contribution is -2.24. The van der Waals surface area contributed by atoms with Gasteiger partial charge in [-0.15, -0.1) is 0 Å². The highest BCUT2D eigenvalue weighted by atomic mass is 16.6. The number of hydrogen-bond donors (Lipinski definition) is 1. The molecule has 1 N–H and O–H groups in total. The maximum Gasteiger partial charge on any atom is 0.414 e. The number of phenols is 1. The van der Waals surface area contributed by atoms with Crippen molar-refractivity contribution < 1.29 is 14.6 Å². The molecule has 0 spiro atoms. The molecule has 4 nitrogen and oxygen atoms in total. The van der Waals surface area contributed by atoms with Crippen LogP contribution >= 0.6 is 0 Å². The van der Waals surface area contributed by atoms with Crippen molar-refractivity contribution in [1.29, 1.82) is 0 Å². The molecule has 1 unspecified atom stereocenters. The van der Waals surface area contributed by atoms with Crippen molar-refractivity contribution >= 4 is 11.8 Å². The van der Waals surface area contributed by atoms with Gasteiger partial charge in [-0.1, -0.05) is 18.2 Å². The molecule has 0 aromatic heterocycles. The fraction of sp³-hybridized carbons (Fsp3) is 0.312. The van der Waals surface area contributed by atoms with Gasteiger partial charge in [-0.3, -0.25) is 4.90 Å². The Hall–Kier alpha value is -2.23. The zero-order chi connectivity index (χ0) is 13.9. The highest BCUT2D eigenvalue weighted by molar-refractivity contribution is 5.89. The van der Waals surface area contributed by atoms with Gasteiger partial charge in [0.15, 0.2) is 0 Å². The van der Waals surface area contributed by atoms with Gasteiger partial charge in [0, 0.05) is 12.1 Å². The molecule has 0 bridgehead atoms. The minimum Gasteiger partial charge on any atom is -0.508 e. The van der Waals surface area contributed by atoms with Gasteiger partial charge in [-0.25, -0.2) is 4.79 Å². The third-order valence-corrected chi connectivity index (χ3v) is 3.57. The van der Waals surface area contributed by atoms with E-state index in [-0.39, 0.29) is 17.9 Å². The molecule has 2 aliphatic rings. The van der Waals surface area contributed by atoms with Crippen molar-refractivity contribution in [1.82, 2.24) is 0 Å². The van der Waals surface area contributed by atoms with Crippen LogP contribution in [0.2, 0.25) is 0 Å². The Morgan fingerprint density at radius 2 is 2.05 bits per heavy atom. The molecule has 1 aliphatic heterocycles. The van der Waals surface area contributed by atoms with Gasteiger partial charge in [-0.2, -0.15) is 0 Å². The lowest BCUT2D eigenvalue weighted by atomic mass is 10.0. The molecule has 1 saturated heterocycles. The number of anilines is 1. The van der Waals surface area contributed by atoms with E-state index in [0.717, 1.165) is 24.9 Å². The summed E-state index contributed by atoms with van der Waals surface area (Å²) in [5.74, 6) is 0.190. The summed E-state index contributed by atoms with van der Waals surface area (Å²) in [5, 5.41) is 9.28. The Morgan fingerprint density at radius 3 is 2.75 bits per heavy atom. The zero-order valence-electron chi connectivity index (χ0n) is 11.2. The van der Waals surface area contributed by atoms with Crippen molar-refractivity contribution in [3.8, 4) is 5.75 Å². The summed E-state index contributed by atoms with van der Waals surface area (Å²) in [4.78, 5) is 13.5. The van der Waals surface area contributed by atoms with Crippen LogP contribution in [0.25, 0.3) is 0 Å². The van der Waals surface area contributed by atoms with Crippen molar-refractivity contribution in [3.05, 3.63) is 48.1 Å². The summed E-state index contributed by atoms with van der Waals surface area (Å²) in [5.41, 5.74) is 1.99. The molecule has 1 atom stereocenters. The van der Waals surface area contributed by atoms with Crippen LogP contribution < -0.4 is 4.90 Å². The van der Waals surface area contributed by atoms with Crippen LogP contribution in [0.5, 0.6) is 5.75 Å². The molecule has 3 rings (SSSR count). The highest BCUT2D eigenvalue weighted by Gasteiger charge is 2.32. The summed E-state index contributed by atoms with van der Waals surface area (Å²) < 4.78 is 5.41. The Bertz CT molecular complexity index is 560. The molecule has 1 amide bonds. The number of rotatable bonds is 3. The Balaban J connectivity index is 1.67. The van der Waals surface area contributed by atoms with Gasteiger partial charge in [0.25, 0.3) is 0 Å². The first kappa shape index (κ1) is 12.8. The molecule has 1 aromatic carbocycles. The quantitative estimate of drug-likeness (QED) is 0.916. The third-order valence-electron chi connectivity index (χ3n) is 3.57. The predicted octanol–water partition coefficient (Wildman–Crippen LogP) is 3.38. The molecular weight excluding hydrogens is 254 g/mol. The first-order valence-corrected chi connectivity index (χ1v) is 6.85. The Morgan fingerprint density at radius 1 is 1.25 bits per heavy atom. The van der Waals surface area contributed by atoms with Crippen LogP contribution in [0, 0.1) is 0 Å². The van der Waals surface area contributed by atoms with Gasteiger partial charge in [0.05, 0.1) is 6.54 Å². The van der Waals surface area contributed by atoms with Crippen LogP contribution in [-0.4, -0.2) is 23.8 Å². The van der Waals surface area contributed by atoms with Crippen LogP contribution in [0.15, 0.2) is 48.1 Å². The number of amides is 1. The standard InChI is InChI=1S/C16H17NO3/c18-14-8-6-13(7-9-14)17-11-15(20-16(17)19)10-12-4-2-1-3-5-12/h2,4-9,15,18H,1,3,10-11H2. The number of carbonyl (C=O) groups excluding carboxylic acids is 1. The van der Waals surface area contributed by atoms with Gasteiger partial charge in [-0.05, 0) is 42.7 Å². The van der Waals surface area contributed by atoms with Crippen molar-refractivity contribution in [2.24, 2.45) is 0 Å². The highest BCUT2D eigenvalue weighted by Crippen LogP contribution is 2.27. The van der Waals surface area contributed by atoms with Crippen LogP contribution in [0.1, 0.15) is 19.3 Å². The van der Waals surface area contributed by atoms with E-state index in [1.54, 1.807) is 29.2 Å². The lowest BCUT2D eigenvalue weighted by Gasteiger charge is -2.13. The average molecular weight is 271 g/mol. The van der Waals surface area contributed by atoms with Crippen molar-refractivity contribution in [2.75, 3.05) is 11.4 Å². The van der Waals surface area contributed by atoms with E-state index < -0.39 is 0 Å². The van der Waals surface area contributed by atoms with E-state index >= 15 is 0 Å². The molecule has 0 saturated carbocycles. The number of hydrogen-bond acceptors (Lipinski definition) is 3. The monoisotopic (exact) mass is 271 g/mol. The molecule has 1 aromatic rings. The minimum absolute atomic E-state index is 0.106. The van der Waals surface area contributed by atoms with Gasteiger partial charge in [0.1, 0.15) is 11.9 Å². The van der Waals surface area contributed by atoms with Crippen LogP contribution in [0.4, 0.5) is 10.5 Å². The second kappa shape index (κ2) is 5.41. The van der Waals surface area contributed by atoms with E-state index in [9.17, 15) is 9.90 Å². The molecule has 1 fully saturated rings. The van der Waals surface area contributed by atoms with Crippen LogP contribution in [0.3, 0.4) is 0 Å². The van der Waals surface area contributed by atoms with Gasteiger partial charge >= 0.3 is 6.09 Å². The van der Waals surface area contributed by atoms with Crippen molar-refractivity contribution in [2.45, 2.75) is 25.4 Å². The number of phenolic OH excluding ortho intramolecular Hbond substituents is 1. The average Bonchev–Trinajstić information content (AvgIpc) is 2.81. The Labute approximate surface area is 118 Å². The second-order valence-electron chi connectivity index (χ2n) is 5.10. The summed E-state index contributed by atoms with van der Waals surface area (Å²) in [6, 6.07) is 6.59. The normalized spacial score (nSPS) is 21.8. The molecule has 4 heteroatoms. The molecular formula is C16H17NO3. The third kappa shape index (κ3) is 2.69. The number of cyclic esters (lactones) is 1. The minimum atomic E-state index is -0.318. The van der Waals surface area contributed by atoms with E-state index in [0.29, 0.717) is 6.54 Å². The Kier molecular flexibility index (Phi) is 3.46. The summed E-state index contributed by atoms with van der Waals surface area (Å²) in [6.07, 6.45) is 8.96. The number of nitrogens with zero attached hydrogens (tertiary/aromatic N) is 1. The summed E-state index contributed by atoms with van der Waals surface area (Å²) in [6.45, 7) is 0.550. The number of aromatic hydroxyl groups is 1. The first-order chi connectivity index (χ1) is 9.72.